The molecule has 1 heterocycles. The lowest BCUT2D eigenvalue weighted by atomic mass is 10.0. The molecule has 2 N–H and O–H groups in total. The van der Waals surface area contributed by atoms with Gasteiger partial charge in [-0.25, -0.2) is 0 Å². The van der Waals surface area contributed by atoms with Crippen molar-refractivity contribution in [2.45, 2.75) is 12.5 Å². The largest absolute Gasteiger partial charge is 0.496 e. The fourth-order valence-corrected chi connectivity index (χ4v) is 1.98. The van der Waals surface area contributed by atoms with Crippen LogP contribution in [-0.2, 0) is 4.74 Å². The van der Waals surface area contributed by atoms with Crippen molar-refractivity contribution in [2.75, 3.05) is 20.8 Å². The van der Waals surface area contributed by atoms with E-state index >= 15 is 0 Å². The summed E-state index contributed by atoms with van der Waals surface area (Å²) in [7, 11) is 3.24. The molecule has 1 unspecified atom stereocenters. The van der Waals surface area contributed by atoms with Gasteiger partial charge < -0.3 is 19.9 Å². The van der Waals surface area contributed by atoms with E-state index in [1.165, 1.54) is 0 Å². The van der Waals surface area contributed by atoms with Crippen LogP contribution in [-0.4, -0.2) is 20.8 Å². The van der Waals surface area contributed by atoms with Gasteiger partial charge in [0.1, 0.15) is 17.3 Å². The van der Waals surface area contributed by atoms with Gasteiger partial charge in [0, 0.05) is 6.42 Å². The van der Waals surface area contributed by atoms with Crippen LogP contribution in [0.4, 0.5) is 0 Å². The SMILES string of the molecule is COc1cccc(OC)c1C(N)C1=CCCO1. The van der Waals surface area contributed by atoms with Gasteiger partial charge in [0.25, 0.3) is 0 Å². The molecular formula is C13H17NO3. The van der Waals surface area contributed by atoms with Crippen molar-refractivity contribution in [2.24, 2.45) is 5.73 Å². The monoisotopic (exact) mass is 235 g/mol. The van der Waals surface area contributed by atoms with Crippen LogP contribution in [0, 0.1) is 0 Å². The van der Waals surface area contributed by atoms with Crippen molar-refractivity contribution >= 4 is 0 Å². The fraction of sp³-hybridized carbons (Fsp3) is 0.385. The number of nitrogens with two attached hydrogens (primary N) is 1. The second-order valence-electron chi connectivity index (χ2n) is 3.80. The first kappa shape index (κ1) is 11.8. The van der Waals surface area contributed by atoms with Crippen molar-refractivity contribution in [1.29, 1.82) is 0 Å². The molecular weight excluding hydrogens is 218 g/mol. The summed E-state index contributed by atoms with van der Waals surface area (Å²) in [5.41, 5.74) is 7.02. The number of methoxy groups -OCH3 is 2. The molecule has 4 heteroatoms. The molecule has 1 aromatic rings. The van der Waals surface area contributed by atoms with E-state index in [4.69, 9.17) is 19.9 Å². The third-order valence-electron chi connectivity index (χ3n) is 2.82. The number of ether oxygens (including phenoxy) is 3. The Morgan fingerprint density at radius 2 is 1.88 bits per heavy atom. The van der Waals surface area contributed by atoms with Crippen molar-refractivity contribution < 1.29 is 14.2 Å². The van der Waals surface area contributed by atoms with E-state index in [1.807, 2.05) is 24.3 Å². The van der Waals surface area contributed by atoms with Gasteiger partial charge in [0.15, 0.2) is 0 Å². The smallest absolute Gasteiger partial charge is 0.127 e. The second-order valence-corrected chi connectivity index (χ2v) is 3.80. The fourth-order valence-electron chi connectivity index (χ4n) is 1.98. The molecule has 2 rings (SSSR count). The Bertz CT molecular complexity index is 406. The summed E-state index contributed by atoms with van der Waals surface area (Å²) in [6, 6.07) is 5.27. The van der Waals surface area contributed by atoms with E-state index in [2.05, 4.69) is 0 Å². The highest BCUT2D eigenvalue weighted by atomic mass is 16.5. The zero-order chi connectivity index (χ0) is 12.3. The van der Waals surface area contributed by atoms with Crippen LogP contribution in [0.3, 0.4) is 0 Å². The predicted molar refractivity (Wildman–Crippen MR) is 65.1 cm³/mol. The molecule has 0 fully saturated rings. The Balaban J connectivity index is 2.41. The molecule has 0 saturated carbocycles. The zero-order valence-corrected chi connectivity index (χ0v) is 10.1. The quantitative estimate of drug-likeness (QED) is 0.867. The van der Waals surface area contributed by atoms with Crippen LogP contribution >= 0.6 is 0 Å². The normalized spacial score (nSPS) is 16.1. The molecule has 1 atom stereocenters. The van der Waals surface area contributed by atoms with Crippen LogP contribution in [0.2, 0.25) is 0 Å². The molecule has 0 aliphatic carbocycles. The van der Waals surface area contributed by atoms with Crippen molar-refractivity contribution in [3.8, 4) is 11.5 Å². The molecule has 1 aliphatic heterocycles. The maximum Gasteiger partial charge on any atom is 0.127 e. The number of hydrogen-bond acceptors (Lipinski definition) is 4. The van der Waals surface area contributed by atoms with E-state index in [0.29, 0.717) is 18.1 Å². The Morgan fingerprint density at radius 1 is 1.24 bits per heavy atom. The van der Waals surface area contributed by atoms with Gasteiger partial charge in [-0.1, -0.05) is 6.07 Å². The minimum absolute atomic E-state index is 0.344. The second kappa shape index (κ2) is 5.10. The Hall–Kier alpha value is -1.68. The minimum Gasteiger partial charge on any atom is -0.496 e. The third kappa shape index (κ3) is 2.22. The van der Waals surface area contributed by atoms with E-state index in [-0.39, 0.29) is 6.04 Å². The van der Waals surface area contributed by atoms with E-state index in [9.17, 15) is 0 Å². The predicted octanol–water partition coefficient (Wildman–Crippen LogP) is 2.01. The summed E-state index contributed by atoms with van der Waals surface area (Å²) < 4.78 is 16.1. The molecule has 0 saturated heterocycles. The summed E-state index contributed by atoms with van der Waals surface area (Å²) >= 11 is 0. The molecule has 0 aromatic heterocycles. The molecule has 0 radical (unpaired) electrons. The van der Waals surface area contributed by atoms with Crippen LogP contribution in [0.25, 0.3) is 0 Å². The average molecular weight is 235 g/mol. The zero-order valence-electron chi connectivity index (χ0n) is 10.1. The molecule has 0 bridgehead atoms. The van der Waals surface area contributed by atoms with Gasteiger partial charge in [-0.3, -0.25) is 0 Å². The van der Waals surface area contributed by atoms with Crippen molar-refractivity contribution in [1.82, 2.24) is 0 Å². The van der Waals surface area contributed by atoms with Crippen LogP contribution in [0.15, 0.2) is 30.0 Å². The lowest BCUT2D eigenvalue weighted by Crippen LogP contribution is -2.16. The lowest BCUT2D eigenvalue weighted by Gasteiger charge is -2.19. The van der Waals surface area contributed by atoms with Gasteiger partial charge in [-0.15, -0.1) is 0 Å². The number of benzene rings is 1. The van der Waals surface area contributed by atoms with E-state index < -0.39 is 0 Å². The molecule has 92 valence electrons. The minimum atomic E-state index is -0.344. The van der Waals surface area contributed by atoms with Gasteiger partial charge >= 0.3 is 0 Å². The Kier molecular flexibility index (Phi) is 3.54. The molecule has 17 heavy (non-hydrogen) atoms. The number of hydrogen-bond donors (Lipinski definition) is 1. The molecule has 1 aromatic carbocycles. The standard InChI is InChI=1S/C13H17NO3/c1-15-9-5-3-6-10(16-2)12(9)13(14)11-7-4-8-17-11/h3,5-7,13H,4,8,14H2,1-2H3. The molecule has 0 spiro atoms. The van der Waals surface area contributed by atoms with Crippen molar-refractivity contribution in [3.05, 3.63) is 35.6 Å². The van der Waals surface area contributed by atoms with Crippen LogP contribution in [0.5, 0.6) is 11.5 Å². The molecule has 0 amide bonds. The van der Waals surface area contributed by atoms with Gasteiger partial charge in [0.2, 0.25) is 0 Å². The maximum absolute atomic E-state index is 6.20. The molecule has 4 nitrogen and oxygen atoms in total. The highest BCUT2D eigenvalue weighted by Crippen LogP contribution is 2.37. The van der Waals surface area contributed by atoms with E-state index in [1.54, 1.807) is 14.2 Å². The molecule has 1 aliphatic rings. The lowest BCUT2D eigenvalue weighted by molar-refractivity contribution is 0.223. The Morgan fingerprint density at radius 3 is 2.35 bits per heavy atom. The maximum atomic E-state index is 6.20. The summed E-state index contributed by atoms with van der Waals surface area (Å²) in [6.07, 6.45) is 2.91. The first-order chi connectivity index (χ1) is 8.27. The summed E-state index contributed by atoms with van der Waals surface area (Å²) in [6.45, 7) is 0.695. The summed E-state index contributed by atoms with van der Waals surface area (Å²) in [5, 5.41) is 0. The summed E-state index contributed by atoms with van der Waals surface area (Å²) in [4.78, 5) is 0. The highest BCUT2D eigenvalue weighted by Gasteiger charge is 2.23. The van der Waals surface area contributed by atoms with E-state index in [0.717, 1.165) is 17.7 Å². The van der Waals surface area contributed by atoms with Crippen LogP contribution < -0.4 is 15.2 Å². The first-order valence-corrected chi connectivity index (χ1v) is 5.57. The van der Waals surface area contributed by atoms with Gasteiger partial charge in [-0.2, -0.15) is 0 Å². The van der Waals surface area contributed by atoms with Gasteiger partial charge in [0.05, 0.1) is 32.4 Å². The topological polar surface area (TPSA) is 53.7 Å². The third-order valence-corrected chi connectivity index (χ3v) is 2.82. The van der Waals surface area contributed by atoms with Crippen LogP contribution in [0.1, 0.15) is 18.0 Å². The Labute approximate surface area is 101 Å². The first-order valence-electron chi connectivity index (χ1n) is 5.57. The van der Waals surface area contributed by atoms with Crippen molar-refractivity contribution in [3.63, 3.8) is 0 Å². The van der Waals surface area contributed by atoms with Gasteiger partial charge in [-0.05, 0) is 18.2 Å². The summed E-state index contributed by atoms with van der Waals surface area (Å²) in [5.74, 6) is 2.22. The average Bonchev–Trinajstić information content (AvgIpc) is 2.90. The highest BCUT2D eigenvalue weighted by molar-refractivity contribution is 5.49. The number of rotatable bonds is 4.